The van der Waals surface area contributed by atoms with Crippen LogP contribution in [0.1, 0.15) is 30.5 Å². The third-order valence-corrected chi connectivity index (χ3v) is 5.19. The standard InChI is InChI=1S/C21H31N5O.HI/c1-16-11-17(2)13-19(12-16)27-10-7-24-21(22-4)25-8-5-18(3)20(14-25)26-9-6-23-15-26;/h6,9,11-13,15,18,20H,5,7-8,10,14H2,1-4H3,(H,22,24);1H. The molecule has 1 aromatic heterocycles. The van der Waals surface area contributed by atoms with Gasteiger partial charge in [0.25, 0.3) is 0 Å². The van der Waals surface area contributed by atoms with E-state index in [0.717, 1.165) is 37.8 Å². The second kappa shape index (κ2) is 10.7. The number of piperidine rings is 1. The number of aliphatic imine (C=N–C) groups is 1. The van der Waals surface area contributed by atoms with E-state index in [2.05, 4.69) is 69.9 Å². The number of nitrogens with zero attached hydrogens (tertiary/aromatic N) is 4. The number of nitrogens with one attached hydrogen (secondary N) is 1. The molecule has 2 atom stereocenters. The van der Waals surface area contributed by atoms with Crippen molar-refractivity contribution in [3.05, 3.63) is 48.0 Å². The number of benzene rings is 1. The molecule has 28 heavy (non-hydrogen) atoms. The van der Waals surface area contributed by atoms with Crippen molar-refractivity contribution in [1.82, 2.24) is 19.8 Å². The fourth-order valence-corrected chi connectivity index (χ4v) is 3.78. The average Bonchev–Trinajstić information content (AvgIpc) is 3.16. The summed E-state index contributed by atoms with van der Waals surface area (Å²) < 4.78 is 8.11. The molecule has 0 aliphatic carbocycles. The molecule has 2 heterocycles. The van der Waals surface area contributed by atoms with Crippen LogP contribution in [0, 0.1) is 19.8 Å². The molecule has 1 aromatic carbocycles. The lowest BCUT2D eigenvalue weighted by Gasteiger charge is -2.39. The second-order valence-electron chi connectivity index (χ2n) is 7.44. The van der Waals surface area contributed by atoms with E-state index in [-0.39, 0.29) is 24.0 Å². The number of aryl methyl sites for hydroxylation is 2. The smallest absolute Gasteiger partial charge is 0.193 e. The molecule has 1 saturated heterocycles. The van der Waals surface area contributed by atoms with E-state index in [1.165, 1.54) is 11.1 Å². The van der Waals surface area contributed by atoms with Crippen molar-refractivity contribution in [2.45, 2.75) is 33.2 Å². The summed E-state index contributed by atoms with van der Waals surface area (Å²) in [7, 11) is 1.84. The van der Waals surface area contributed by atoms with Gasteiger partial charge in [0, 0.05) is 32.5 Å². The van der Waals surface area contributed by atoms with Crippen LogP contribution in [0.2, 0.25) is 0 Å². The summed E-state index contributed by atoms with van der Waals surface area (Å²) >= 11 is 0. The zero-order valence-electron chi connectivity index (χ0n) is 17.3. The van der Waals surface area contributed by atoms with Crippen LogP contribution >= 0.6 is 24.0 Å². The van der Waals surface area contributed by atoms with E-state index in [9.17, 15) is 0 Å². The number of halogens is 1. The maximum atomic E-state index is 5.90. The van der Waals surface area contributed by atoms with Crippen molar-refractivity contribution in [3.8, 4) is 5.75 Å². The molecule has 1 fully saturated rings. The van der Waals surface area contributed by atoms with Gasteiger partial charge in [0.1, 0.15) is 12.4 Å². The lowest BCUT2D eigenvalue weighted by molar-refractivity contribution is 0.188. The van der Waals surface area contributed by atoms with E-state index in [1.807, 2.05) is 19.6 Å². The van der Waals surface area contributed by atoms with Gasteiger partial charge in [-0.3, -0.25) is 4.99 Å². The summed E-state index contributed by atoms with van der Waals surface area (Å²) in [4.78, 5) is 11.0. The van der Waals surface area contributed by atoms with E-state index in [0.29, 0.717) is 18.6 Å². The molecule has 154 valence electrons. The summed E-state index contributed by atoms with van der Waals surface area (Å²) in [5.41, 5.74) is 2.45. The maximum absolute atomic E-state index is 5.90. The van der Waals surface area contributed by atoms with Crippen LogP contribution in [-0.2, 0) is 0 Å². The highest BCUT2D eigenvalue weighted by Crippen LogP contribution is 2.27. The van der Waals surface area contributed by atoms with Gasteiger partial charge in [0.15, 0.2) is 5.96 Å². The summed E-state index contributed by atoms with van der Waals surface area (Å²) in [5.74, 6) is 2.49. The Hall–Kier alpha value is -1.77. The molecule has 0 radical (unpaired) electrons. The van der Waals surface area contributed by atoms with E-state index in [4.69, 9.17) is 4.74 Å². The van der Waals surface area contributed by atoms with Gasteiger partial charge < -0.3 is 19.5 Å². The molecule has 0 amide bonds. The highest BCUT2D eigenvalue weighted by atomic mass is 127. The number of likely N-dealkylation sites (tertiary alicyclic amines) is 1. The third-order valence-electron chi connectivity index (χ3n) is 5.19. The van der Waals surface area contributed by atoms with Crippen molar-refractivity contribution < 1.29 is 4.74 Å². The number of rotatable bonds is 5. The first kappa shape index (κ1) is 22.5. The molecule has 0 bridgehead atoms. The lowest BCUT2D eigenvalue weighted by Crippen LogP contribution is -2.49. The average molecular weight is 497 g/mol. The fraction of sp³-hybridized carbons (Fsp3) is 0.524. The molecule has 7 heteroatoms. The Kier molecular flexibility index (Phi) is 8.59. The molecule has 1 aliphatic rings. The zero-order valence-corrected chi connectivity index (χ0v) is 19.6. The van der Waals surface area contributed by atoms with Crippen molar-refractivity contribution in [2.24, 2.45) is 10.9 Å². The number of hydrogen-bond donors (Lipinski definition) is 1. The van der Waals surface area contributed by atoms with Gasteiger partial charge in [-0.1, -0.05) is 13.0 Å². The van der Waals surface area contributed by atoms with Gasteiger partial charge in [-0.15, -0.1) is 24.0 Å². The molecule has 1 aliphatic heterocycles. The highest BCUT2D eigenvalue weighted by Gasteiger charge is 2.28. The Morgan fingerprint density at radius 3 is 2.68 bits per heavy atom. The first-order valence-corrected chi connectivity index (χ1v) is 9.71. The van der Waals surface area contributed by atoms with Crippen molar-refractivity contribution in [2.75, 3.05) is 33.3 Å². The number of imidazole rings is 1. The highest BCUT2D eigenvalue weighted by molar-refractivity contribution is 14.0. The van der Waals surface area contributed by atoms with Gasteiger partial charge in [0.2, 0.25) is 0 Å². The molecule has 0 saturated carbocycles. The van der Waals surface area contributed by atoms with E-state index < -0.39 is 0 Å². The first-order valence-electron chi connectivity index (χ1n) is 9.71. The summed E-state index contributed by atoms with van der Waals surface area (Å²) in [5, 5.41) is 3.45. The predicted molar refractivity (Wildman–Crippen MR) is 125 cm³/mol. The minimum Gasteiger partial charge on any atom is -0.492 e. The molecular weight excluding hydrogens is 465 g/mol. The van der Waals surface area contributed by atoms with Gasteiger partial charge in [-0.05, 0) is 49.4 Å². The van der Waals surface area contributed by atoms with Gasteiger partial charge in [0.05, 0.1) is 18.9 Å². The lowest BCUT2D eigenvalue weighted by atomic mass is 9.93. The minimum absolute atomic E-state index is 0. The van der Waals surface area contributed by atoms with Gasteiger partial charge in [-0.25, -0.2) is 4.98 Å². The fourth-order valence-electron chi connectivity index (χ4n) is 3.78. The number of hydrogen-bond acceptors (Lipinski definition) is 3. The topological polar surface area (TPSA) is 54.7 Å². The second-order valence-corrected chi connectivity index (χ2v) is 7.44. The summed E-state index contributed by atoms with van der Waals surface area (Å²) in [6.45, 7) is 9.79. The molecular formula is C21H32IN5O. The Morgan fingerprint density at radius 2 is 2.04 bits per heavy atom. The molecule has 3 rings (SSSR count). The molecule has 6 nitrogen and oxygen atoms in total. The van der Waals surface area contributed by atoms with Crippen molar-refractivity contribution >= 4 is 29.9 Å². The molecule has 2 aromatic rings. The van der Waals surface area contributed by atoms with Crippen LogP contribution in [0.5, 0.6) is 5.75 Å². The maximum Gasteiger partial charge on any atom is 0.193 e. The van der Waals surface area contributed by atoms with Crippen molar-refractivity contribution in [1.29, 1.82) is 0 Å². The largest absolute Gasteiger partial charge is 0.492 e. The van der Waals surface area contributed by atoms with E-state index in [1.54, 1.807) is 0 Å². The number of guanidine groups is 1. The van der Waals surface area contributed by atoms with Crippen LogP contribution in [0.3, 0.4) is 0 Å². The Morgan fingerprint density at radius 1 is 1.29 bits per heavy atom. The Balaban J connectivity index is 0.00000280. The Labute approximate surface area is 185 Å². The normalized spacial score (nSPS) is 19.9. The SMILES string of the molecule is CN=C(NCCOc1cc(C)cc(C)c1)N1CCC(C)C(n2ccnc2)C1.I. The van der Waals surface area contributed by atoms with E-state index >= 15 is 0 Å². The first-order chi connectivity index (χ1) is 13.1. The zero-order chi connectivity index (χ0) is 19.2. The van der Waals surface area contributed by atoms with Gasteiger partial charge >= 0.3 is 0 Å². The van der Waals surface area contributed by atoms with Crippen LogP contribution in [0.15, 0.2) is 41.9 Å². The summed E-state index contributed by atoms with van der Waals surface area (Å²) in [6, 6.07) is 6.72. The van der Waals surface area contributed by atoms with Crippen molar-refractivity contribution in [3.63, 3.8) is 0 Å². The minimum atomic E-state index is 0. The van der Waals surface area contributed by atoms with Crippen LogP contribution < -0.4 is 10.1 Å². The molecule has 1 N–H and O–H groups in total. The third kappa shape index (κ3) is 5.86. The Bertz CT molecular complexity index is 742. The predicted octanol–water partition coefficient (Wildman–Crippen LogP) is 3.66. The number of aromatic nitrogens is 2. The van der Waals surface area contributed by atoms with Crippen LogP contribution in [-0.4, -0.2) is 53.7 Å². The van der Waals surface area contributed by atoms with Gasteiger partial charge in [-0.2, -0.15) is 0 Å². The summed E-state index contributed by atoms with van der Waals surface area (Å²) in [6.07, 6.45) is 6.96. The monoisotopic (exact) mass is 497 g/mol. The quantitative estimate of drug-likeness (QED) is 0.297. The molecule has 2 unspecified atom stereocenters. The van der Waals surface area contributed by atoms with Crippen LogP contribution in [0.4, 0.5) is 0 Å². The molecule has 0 spiro atoms. The number of ether oxygens (including phenoxy) is 1. The van der Waals surface area contributed by atoms with Crippen LogP contribution in [0.25, 0.3) is 0 Å².